The molecule has 0 spiro atoms. The number of nitrogens with zero attached hydrogens (tertiary/aromatic N) is 2. The highest BCUT2D eigenvalue weighted by molar-refractivity contribution is 7.10. The number of nitrogens with two attached hydrogens (primary N) is 1. The third-order valence-corrected chi connectivity index (χ3v) is 4.20. The Labute approximate surface area is 106 Å². The standard InChI is InChI=1S/C13H19N3S/c1-10(14)11-7-15-9-16(11)8-13(2,3)12-5-4-6-17-12/h4-7,9-10H,8,14H2,1-3H3/t10-/m0/s1. The summed E-state index contributed by atoms with van der Waals surface area (Å²) in [5, 5.41) is 2.12. The lowest BCUT2D eigenvalue weighted by atomic mass is 9.91. The summed E-state index contributed by atoms with van der Waals surface area (Å²) in [6.07, 6.45) is 3.73. The van der Waals surface area contributed by atoms with Gasteiger partial charge in [0.15, 0.2) is 0 Å². The zero-order chi connectivity index (χ0) is 12.5. The molecule has 2 heterocycles. The van der Waals surface area contributed by atoms with Gasteiger partial charge in [0, 0.05) is 29.1 Å². The van der Waals surface area contributed by atoms with Gasteiger partial charge in [-0.05, 0) is 18.4 Å². The molecule has 2 N–H and O–H groups in total. The monoisotopic (exact) mass is 249 g/mol. The van der Waals surface area contributed by atoms with Gasteiger partial charge >= 0.3 is 0 Å². The van der Waals surface area contributed by atoms with Gasteiger partial charge in [-0.25, -0.2) is 4.98 Å². The van der Waals surface area contributed by atoms with Crippen molar-refractivity contribution >= 4 is 11.3 Å². The molecule has 0 fully saturated rings. The van der Waals surface area contributed by atoms with Crippen molar-refractivity contribution in [3.63, 3.8) is 0 Å². The van der Waals surface area contributed by atoms with E-state index in [2.05, 4.69) is 40.9 Å². The molecule has 4 heteroatoms. The minimum Gasteiger partial charge on any atom is -0.332 e. The Morgan fingerprint density at radius 3 is 2.88 bits per heavy atom. The maximum atomic E-state index is 5.94. The predicted molar refractivity (Wildman–Crippen MR) is 72.2 cm³/mol. The smallest absolute Gasteiger partial charge is 0.0948 e. The van der Waals surface area contributed by atoms with Crippen LogP contribution in [0.2, 0.25) is 0 Å². The van der Waals surface area contributed by atoms with Gasteiger partial charge < -0.3 is 10.3 Å². The van der Waals surface area contributed by atoms with Gasteiger partial charge in [0.25, 0.3) is 0 Å². The highest BCUT2D eigenvalue weighted by Crippen LogP contribution is 2.29. The summed E-state index contributed by atoms with van der Waals surface area (Å²) in [4.78, 5) is 5.59. The molecule has 2 aromatic rings. The molecule has 2 rings (SSSR count). The second-order valence-corrected chi connectivity index (χ2v) is 6.04. The van der Waals surface area contributed by atoms with Gasteiger partial charge in [-0.2, -0.15) is 0 Å². The fraction of sp³-hybridized carbons (Fsp3) is 0.462. The first-order chi connectivity index (χ1) is 8.00. The molecular formula is C13H19N3S. The van der Waals surface area contributed by atoms with Crippen LogP contribution < -0.4 is 5.73 Å². The largest absolute Gasteiger partial charge is 0.332 e. The maximum absolute atomic E-state index is 5.94. The molecule has 0 saturated heterocycles. The number of aromatic nitrogens is 2. The fourth-order valence-electron chi connectivity index (χ4n) is 2.01. The van der Waals surface area contributed by atoms with Crippen molar-refractivity contribution < 1.29 is 0 Å². The minimum atomic E-state index is 0.0247. The number of thiophene rings is 1. The first kappa shape index (κ1) is 12.3. The van der Waals surface area contributed by atoms with Gasteiger partial charge in [0.05, 0.1) is 12.0 Å². The number of hydrogen-bond acceptors (Lipinski definition) is 3. The van der Waals surface area contributed by atoms with Crippen molar-refractivity contribution in [1.82, 2.24) is 9.55 Å². The van der Waals surface area contributed by atoms with E-state index >= 15 is 0 Å². The summed E-state index contributed by atoms with van der Waals surface area (Å²) in [6, 6.07) is 4.31. The molecule has 0 aliphatic heterocycles. The van der Waals surface area contributed by atoms with E-state index in [9.17, 15) is 0 Å². The van der Waals surface area contributed by atoms with Crippen molar-refractivity contribution in [1.29, 1.82) is 0 Å². The molecule has 0 aromatic carbocycles. The molecule has 92 valence electrons. The minimum absolute atomic E-state index is 0.0247. The predicted octanol–water partition coefficient (Wildman–Crippen LogP) is 2.94. The van der Waals surface area contributed by atoms with E-state index in [1.807, 2.05) is 19.4 Å². The van der Waals surface area contributed by atoms with Crippen molar-refractivity contribution in [2.24, 2.45) is 5.73 Å². The Balaban J connectivity index is 2.23. The van der Waals surface area contributed by atoms with Gasteiger partial charge in [-0.15, -0.1) is 11.3 Å². The van der Waals surface area contributed by atoms with Gasteiger partial charge in [0.1, 0.15) is 0 Å². The third-order valence-electron chi connectivity index (χ3n) is 2.96. The number of hydrogen-bond donors (Lipinski definition) is 1. The number of rotatable bonds is 4. The summed E-state index contributed by atoms with van der Waals surface area (Å²) in [7, 11) is 0. The lowest BCUT2D eigenvalue weighted by Crippen LogP contribution is -2.25. The lowest BCUT2D eigenvalue weighted by Gasteiger charge is -2.25. The third kappa shape index (κ3) is 2.58. The molecule has 0 aliphatic rings. The average molecular weight is 249 g/mol. The zero-order valence-corrected chi connectivity index (χ0v) is 11.4. The summed E-state index contributed by atoms with van der Waals surface area (Å²) >= 11 is 1.80. The topological polar surface area (TPSA) is 43.8 Å². The van der Waals surface area contributed by atoms with Crippen LogP contribution in [-0.4, -0.2) is 9.55 Å². The quantitative estimate of drug-likeness (QED) is 0.905. The Bertz CT molecular complexity index is 469. The molecule has 0 amide bonds. The van der Waals surface area contributed by atoms with Crippen LogP contribution in [0.3, 0.4) is 0 Å². The summed E-state index contributed by atoms with van der Waals surface area (Å²) in [5.74, 6) is 0. The van der Waals surface area contributed by atoms with Crippen molar-refractivity contribution in [2.45, 2.75) is 38.8 Å². The average Bonchev–Trinajstić information content (AvgIpc) is 2.85. The Hall–Kier alpha value is -1.13. The highest BCUT2D eigenvalue weighted by atomic mass is 32.1. The van der Waals surface area contributed by atoms with Crippen LogP contribution in [-0.2, 0) is 12.0 Å². The van der Waals surface area contributed by atoms with Crippen LogP contribution in [0.4, 0.5) is 0 Å². The van der Waals surface area contributed by atoms with E-state index in [-0.39, 0.29) is 11.5 Å². The molecule has 0 radical (unpaired) electrons. The maximum Gasteiger partial charge on any atom is 0.0948 e. The van der Waals surface area contributed by atoms with Gasteiger partial charge in [-0.1, -0.05) is 19.9 Å². The lowest BCUT2D eigenvalue weighted by molar-refractivity contribution is 0.429. The molecule has 3 nitrogen and oxygen atoms in total. The summed E-state index contributed by atoms with van der Waals surface area (Å²) < 4.78 is 2.16. The van der Waals surface area contributed by atoms with Gasteiger partial charge in [-0.3, -0.25) is 0 Å². The Kier molecular flexibility index (Phi) is 3.35. The SMILES string of the molecule is C[C@H](N)c1cncn1CC(C)(C)c1cccs1. The molecule has 0 unspecified atom stereocenters. The first-order valence-corrected chi connectivity index (χ1v) is 6.68. The summed E-state index contributed by atoms with van der Waals surface area (Å²) in [5.41, 5.74) is 7.14. The van der Waals surface area contributed by atoms with E-state index < -0.39 is 0 Å². The second-order valence-electron chi connectivity index (χ2n) is 5.10. The molecule has 0 aliphatic carbocycles. The normalized spacial score (nSPS) is 13.9. The molecule has 17 heavy (non-hydrogen) atoms. The Morgan fingerprint density at radius 1 is 1.53 bits per heavy atom. The Morgan fingerprint density at radius 2 is 2.29 bits per heavy atom. The van der Waals surface area contributed by atoms with Crippen molar-refractivity contribution in [3.8, 4) is 0 Å². The molecular weight excluding hydrogens is 230 g/mol. The van der Waals surface area contributed by atoms with Crippen LogP contribution in [0.25, 0.3) is 0 Å². The molecule has 0 bridgehead atoms. The number of imidazole rings is 1. The fourth-order valence-corrected chi connectivity index (χ4v) is 2.85. The van der Waals surface area contributed by atoms with Crippen LogP contribution in [0.5, 0.6) is 0 Å². The van der Waals surface area contributed by atoms with E-state index in [1.165, 1.54) is 4.88 Å². The highest BCUT2D eigenvalue weighted by Gasteiger charge is 2.23. The van der Waals surface area contributed by atoms with Crippen LogP contribution in [0, 0.1) is 0 Å². The van der Waals surface area contributed by atoms with Crippen LogP contribution in [0.15, 0.2) is 30.0 Å². The van der Waals surface area contributed by atoms with Crippen LogP contribution >= 0.6 is 11.3 Å². The van der Waals surface area contributed by atoms with E-state index in [1.54, 1.807) is 11.3 Å². The molecule has 2 aromatic heterocycles. The van der Waals surface area contributed by atoms with Crippen molar-refractivity contribution in [3.05, 3.63) is 40.6 Å². The second kappa shape index (κ2) is 4.63. The van der Waals surface area contributed by atoms with E-state index in [4.69, 9.17) is 5.73 Å². The van der Waals surface area contributed by atoms with Crippen LogP contribution in [0.1, 0.15) is 37.4 Å². The van der Waals surface area contributed by atoms with E-state index in [0.717, 1.165) is 12.2 Å². The molecule has 1 atom stereocenters. The first-order valence-electron chi connectivity index (χ1n) is 5.80. The van der Waals surface area contributed by atoms with Crippen molar-refractivity contribution in [2.75, 3.05) is 0 Å². The van der Waals surface area contributed by atoms with Gasteiger partial charge in [0.2, 0.25) is 0 Å². The summed E-state index contributed by atoms with van der Waals surface area (Å²) in [6.45, 7) is 7.41. The molecule has 0 saturated carbocycles. The van der Waals surface area contributed by atoms with E-state index in [0.29, 0.717) is 0 Å². The zero-order valence-electron chi connectivity index (χ0n) is 10.6.